The Balaban J connectivity index is 2.17. The quantitative estimate of drug-likeness (QED) is 0.567. The Morgan fingerprint density at radius 1 is 1.47 bits per heavy atom. The zero-order valence-electron chi connectivity index (χ0n) is 8.56. The number of amides is 2. The van der Waals surface area contributed by atoms with Gasteiger partial charge in [-0.05, 0) is 12.8 Å². The maximum Gasteiger partial charge on any atom is 0.319 e. The van der Waals surface area contributed by atoms with Gasteiger partial charge in [0.1, 0.15) is 5.02 Å². The second-order valence-corrected chi connectivity index (χ2v) is 4.13. The number of urea groups is 1. The van der Waals surface area contributed by atoms with Crippen molar-refractivity contribution in [2.24, 2.45) is 0 Å². The number of carbonyl (C=O) groups excluding carboxylic acids is 1. The predicted molar refractivity (Wildman–Crippen MR) is 58.2 cm³/mol. The van der Waals surface area contributed by atoms with Gasteiger partial charge in [0.25, 0.3) is 0 Å². The Morgan fingerprint density at radius 3 is 2.71 bits per heavy atom. The standard InChI is InChI=1S/C10H9ClF2N2O2/c11-7-6(3-5(12)9(16)8(7)13)15-10(17)14-4-1-2-4/h3-4,16H,1-2H2,(H2,14,15,17). The van der Waals surface area contributed by atoms with Gasteiger partial charge in [-0.25, -0.2) is 13.6 Å². The van der Waals surface area contributed by atoms with Crippen molar-refractivity contribution in [1.29, 1.82) is 0 Å². The summed E-state index contributed by atoms with van der Waals surface area (Å²) in [5.74, 6) is -3.65. The molecule has 0 spiro atoms. The van der Waals surface area contributed by atoms with Crippen LogP contribution >= 0.6 is 11.6 Å². The van der Waals surface area contributed by atoms with Crippen LogP contribution in [0.3, 0.4) is 0 Å². The Kier molecular flexibility index (Phi) is 3.06. The molecule has 17 heavy (non-hydrogen) atoms. The Hall–Kier alpha value is -1.56. The van der Waals surface area contributed by atoms with Crippen LogP contribution in [0.25, 0.3) is 0 Å². The van der Waals surface area contributed by atoms with Gasteiger partial charge in [-0.2, -0.15) is 0 Å². The van der Waals surface area contributed by atoms with Gasteiger partial charge in [0.15, 0.2) is 17.4 Å². The van der Waals surface area contributed by atoms with E-state index in [1.54, 1.807) is 0 Å². The first-order valence-corrected chi connectivity index (χ1v) is 5.31. The summed E-state index contributed by atoms with van der Waals surface area (Å²) in [7, 11) is 0. The van der Waals surface area contributed by atoms with Gasteiger partial charge in [-0.1, -0.05) is 11.6 Å². The summed E-state index contributed by atoms with van der Waals surface area (Å²) in [6.07, 6.45) is 1.78. The fourth-order valence-corrected chi connectivity index (χ4v) is 1.44. The first-order valence-electron chi connectivity index (χ1n) is 4.93. The van der Waals surface area contributed by atoms with Gasteiger partial charge in [0.2, 0.25) is 0 Å². The molecule has 0 radical (unpaired) electrons. The van der Waals surface area contributed by atoms with E-state index in [0.29, 0.717) is 0 Å². The van der Waals surface area contributed by atoms with Crippen molar-refractivity contribution in [3.63, 3.8) is 0 Å². The van der Waals surface area contributed by atoms with Gasteiger partial charge in [0.05, 0.1) is 5.69 Å². The molecular formula is C10H9ClF2N2O2. The molecule has 1 aromatic rings. The highest BCUT2D eigenvalue weighted by molar-refractivity contribution is 6.34. The number of anilines is 1. The number of phenolic OH excluding ortho intramolecular Hbond substituents is 1. The molecular weight excluding hydrogens is 254 g/mol. The van der Waals surface area contributed by atoms with Crippen molar-refractivity contribution < 1.29 is 18.7 Å². The molecule has 0 aromatic heterocycles. The molecule has 1 aromatic carbocycles. The number of nitrogens with one attached hydrogen (secondary N) is 2. The molecule has 0 unspecified atom stereocenters. The number of rotatable bonds is 2. The molecule has 92 valence electrons. The zero-order chi connectivity index (χ0) is 12.6. The molecule has 3 N–H and O–H groups in total. The summed E-state index contributed by atoms with van der Waals surface area (Å²) >= 11 is 5.52. The normalized spacial score (nSPS) is 14.5. The van der Waals surface area contributed by atoms with Crippen molar-refractivity contribution >= 4 is 23.3 Å². The summed E-state index contributed by atoms with van der Waals surface area (Å²) in [5, 5.41) is 13.2. The molecule has 4 nitrogen and oxygen atoms in total. The van der Waals surface area contributed by atoms with Crippen LogP contribution in [0.2, 0.25) is 5.02 Å². The van der Waals surface area contributed by atoms with Crippen molar-refractivity contribution in [2.75, 3.05) is 5.32 Å². The third-order valence-corrected chi connectivity index (χ3v) is 2.66. The Bertz CT molecular complexity index is 478. The topological polar surface area (TPSA) is 61.4 Å². The van der Waals surface area contributed by atoms with Crippen LogP contribution in [0.15, 0.2) is 6.07 Å². The van der Waals surface area contributed by atoms with E-state index in [-0.39, 0.29) is 11.7 Å². The average molecular weight is 263 g/mol. The summed E-state index contributed by atoms with van der Waals surface area (Å²) in [5.41, 5.74) is -0.224. The molecule has 0 aliphatic heterocycles. The van der Waals surface area contributed by atoms with Crippen LogP contribution in [0, 0.1) is 11.6 Å². The van der Waals surface area contributed by atoms with E-state index < -0.39 is 28.4 Å². The van der Waals surface area contributed by atoms with E-state index in [9.17, 15) is 13.6 Å². The predicted octanol–water partition coefficient (Wildman–Crippen LogP) is 2.61. The molecule has 0 atom stereocenters. The lowest BCUT2D eigenvalue weighted by Crippen LogP contribution is -2.30. The average Bonchev–Trinajstić information content (AvgIpc) is 3.06. The molecule has 0 heterocycles. The summed E-state index contributed by atoms with van der Waals surface area (Å²) in [6, 6.07) is 0.284. The zero-order valence-corrected chi connectivity index (χ0v) is 9.31. The van der Waals surface area contributed by atoms with Gasteiger partial charge in [-0.3, -0.25) is 0 Å². The molecule has 1 fully saturated rings. The van der Waals surface area contributed by atoms with Gasteiger partial charge < -0.3 is 15.7 Å². The molecule has 2 rings (SSSR count). The molecule has 0 bridgehead atoms. The van der Waals surface area contributed by atoms with E-state index in [1.165, 1.54) is 0 Å². The molecule has 7 heteroatoms. The van der Waals surface area contributed by atoms with Crippen LogP contribution in [-0.2, 0) is 0 Å². The van der Waals surface area contributed by atoms with Crippen molar-refractivity contribution in [3.8, 4) is 5.75 Å². The minimum Gasteiger partial charge on any atom is -0.503 e. The largest absolute Gasteiger partial charge is 0.503 e. The molecule has 1 aliphatic carbocycles. The van der Waals surface area contributed by atoms with Crippen LogP contribution in [0.1, 0.15) is 12.8 Å². The fourth-order valence-electron chi connectivity index (χ4n) is 1.25. The number of aromatic hydroxyl groups is 1. The van der Waals surface area contributed by atoms with Crippen molar-refractivity contribution in [1.82, 2.24) is 5.32 Å². The van der Waals surface area contributed by atoms with Gasteiger partial charge >= 0.3 is 6.03 Å². The second kappa shape index (κ2) is 4.37. The molecule has 1 saturated carbocycles. The van der Waals surface area contributed by atoms with E-state index in [0.717, 1.165) is 18.9 Å². The smallest absolute Gasteiger partial charge is 0.319 e. The van der Waals surface area contributed by atoms with Gasteiger partial charge in [0, 0.05) is 12.1 Å². The number of halogens is 3. The van der Waals surface area contributed by atoms with E-state index >= 15 is 0 Å². The van der Waals surface area contributed by atoms with Crippen LogP contribution in [0.4, 0.5) is 19.3 Å². The number of carbonyl (C=O) groups is 1. The van der Waals surface area contributed by atoms with Crippen molar-refractivity contribution in [2.45, 2.75) is 18.9 Å². The first kappa shape index (κ1) is 11.9. The lowest BCUT2D eigenvalue weighted by Gasteiger charge is -2.10. The SMILES string of the molecule is O=C(Nc1cc(F)c(O)c(F)c1Cl)NC1CC1. The monoisotopic (exact) mass is 262 g/mol. The van der Waals surface area contributed by atoms with E-state index in [4.69, 9.17) is 16.7 Å². The first-order chi connectivity index (χ1) is 7.99. The third-order valence-electron chi connectivity index (χ3n) is 2.30. The summed E-state index contributed by atoms with van der Waals surface area (Å²) < 4.78 is 26.2. The number of phenols is 1. The summed E-state index contributed by atoms with van der Waals surface area (Å²) in [4.78, 5) is 11.3. The lowest BCUT2D eigenvalue weighted by molar-refractivity contribution is 0.251. The number of hydrogen-bond acceptors (Lipinski definition) is 2. The highest BCUT2D eigenvalue weighted by atomic mass is 35.5. The van der Waals surface area contributed by atoms with Crippen LogP contribution in [0.5, 0.6) is 5.75 Å². The Labute approximate surface area is 101 Å². The van der Waals surface area contributed by atoms with Crippen molar-refractivity contribution in [3.05, 3.63) is 22.7 Å². The summed E-state index contributed by atoms with van der Waals surface area (Å²) in [6.45, 7) is 0. The maximum absolute atomic E-state index is 13.2. The van der Waals surface area contributed by atoms with Crippen LogP contribution in [-0.4, -0.2) is 17.2 Å². The molecule has 0 saturated heterocycles. The maximum atomic E-state index is 13.2. The molecule has 2 amide bonds. The fraction of sp³-hybridized carbons (Fsp3) is 0.300. The molecule has 1 aliphatic rings. The lowest BCUT2D eigenvalue weighted by atomic mass is 10.2. The van der Waals surface area contributed by atoms with E-state index in [2.05, 4.69) is 10.6 Å². The van der Waals surface area contributed by atoms with E-state index in [1.807, 2.05) is 0 Å². The number of benzene rings is 1. The number of hydrogen-bond donors (Lipinski definition) is 3. The highest BCUT2D eigenvalue weighted by Crippen LogP contribution is 2.33. The minimum atomic E-state index is -1.30. The minimum absolute atomic E-state index is 0.112. The second-order valence-electron chi connectivity index (χ2n) is 3.76. The Morgan fingerprint density at radius 2 is 2.12 bits per heavy atom. The van der Waals surface area contributed by atoms with Gasteiger partial charge in [-0.15, -0.1) is 0 Å². The third kappa shape index (κ3) is 2.58. The highest BCUT2D eigenvalue weighted by Gasteiger charge is 2.24. The van der Waals surface area contributed by atoms with Crippen LogP contribution < -0.4 is 10.6 Å².